The number of benzene rings is 1. The predicted octanol–water partition coefficient (Wildman–Crippen LogP) is 1.87. The molecule has 0 aromatic heterocycles. The van der Waals surface area contributed by atoms with E-state index in [0.29, 0.717) is 18.7 Å². The number of hydrogen-bond donors (Lipinski definition) is 1. The van der Waals surface area contributed by atoms with Crippen LogP contribution in [0.3, 0.4) is 0 Å². The van der Waals surface area contributed by atoms with Crippen LogP contribution in [0.15, 0.2) is 23.1 Å². The maximum absolute atomic E-state index is 12.3. The Labute approximate surface area is 106 Å². The van der Waals surface area contributed by atoms with Crippen LogP contribution in [0.5, 0.6) is 0 Å². The summed E-state index contributed by atoms with van der Waals surface area (Å²) in [5.74, 6) is 0. The SMILES string of the molecule is Nc1ccc(S(=O)(=O)C2CCCOC2)cc1Cl. The highest BCUT2D eigenvalue weighted by atomic mass is 35.5. The summed E-state index contributed by atoms with van der Waals surface area (Å²) in [5.41, 5.74) is 5.94. The zero-order chi connectivity index (χ0) is 12.5. The van der Waals surface area contributed by atoms with Gasteiger partial charge in [-0.2, -0.15) is 0 Å². The van der Waals surface area contributed by atoms with E-state index in [4.69, 9.17) is 22.1 Å². The second-order valence-electron chi connectivity index (χ2n) is 4.07. The third kappa shape index (κ3) is 2.56. The summed E-state index contributed by atoms with van der Waals surface area (Å²) >= 11 is 5.84. The average molecular weight is 276 g/mol. The van der Waals surface area contributed by atoms with Crippen LogP contribution in [0.4, 0.5) is 5.69 Å². The van der Waals surface area contributed by atoms with E-state index in [0.717, 1.165) is 6.42 Å². The standard InChI is InChI=1S/C11H14ClNO3S/c12-10-6-8(3-4-11(10)13)17(14,15)9-2-1-5-16-7-9/h3-4,6,9H,1-2,5,7,13H2. The van der Waals surface area contributed by atoms with Crippen LogP contribution in [0.1, 0.15) is 12.8 Å². The Balaban J connectivity index is 2.33. The molecule has 1 heterocycles. The molecule has 0 aliphatic carbocycles. The molecule has 1 atom stereocenters. The van der Waals surface area contributed by atoms with E-state index in [1.54, 1.807) is 0 Å². The fourth-order valence-corrected chi connectivity index (χ4v) is 3.76. The van der Waals surface area contributed by atoms with Gasteiger partial charge in [-0.15, -0.1) is 0 Å². The van der Waals surface area contributed by atoms with Crippen LogP contribution < -0.4 is 5.73 Å². The maximum atomic E-state index is 12.3. The molecule has 6 heteroatoms. The second-order valence-corrected chi connectivity index (χ2v) is 6.70. The van der Waals surface area contributed by atoms with Gasteiger partial charge >= 0.3 is 0 Å². The van der Waals surface area contributed by atoms with Crippen LogP contribution in [0.25, 0.3) is 0 Å². The number of rotatable bonds is 2. The first-order valence-corrected chi connectivity index (χ1v) is 7.31. The molecule has 4 nitrogen and oxygen atoms in total. The summed E-state index contributed by atoms with van der Waals surface area (Å²) in [5, 5.41) is -0.209. The number of ether oxygens (including phenoxy) is 1. The fourth-order valence-electron chi connectivity index (χ4n) is 1.83. The maximum Gasteiger partial charge on any atom is 0.183 e. The Morgan fingerprint density at radius 3 is 2.76 bits per heavy atom. The molecule has 1 fully saturated rings. The molecule has 2 N–H and O–H groups in total. The summed E-state index contributed by atoms with van der Waals surface area (Å²) in [6.07, 6.45) is 1.40. The summed E-state index contributed by atoms with van der Waals surface area (Å²) in [6, 6.07) is 4.41. The van der Waals surface area contributed by atoms with Crippen LogP contribution in [0, 0.1) is 0 Å². The van der Waals surface area contributed by atoms with Crippen molar-refractivity contribution >= 4 is 27.1 Å². The quantitative estimate of drug-likeness (QED) is 0.837. The van der Waals surface area contributed by atoms with Crippen LogP contribution in [-0.2, 0) is 14.6 Å². The molecule has 0 spiro atoms. The molecule has 0 saturated carbocycles. The Morgan fingerprint density at radius 1 is 1.41 bits per heavy atom. The average Bonchev–Trinajstić information content (AvgIpc) is 2.33. The molecular weight excluding hydrogens is 262 g/mol. The van der Waals surface area contributed by atoms with Crippen LogP contribution >= 0.6 is 11.6 Å². The van der Waals surface area contributed by atoms with Crippen molar-refractivity contribution in [2.45, 2.75) is 23.0 Å². The van der Waals surface area contributed by atoms with Gasteiger partial charge < -0.3 is 10.5 Å². The topological polar surface area (TPSA) is 69.4 Å². The fraction of sp³-hybridized carbons (Fsp3) is 0.455. The predicted molar refractivity (Wildman–Crippen MR) is 66.9 cm³/mol. The van der Waals surface area contributed by atoms with Gasteiger partial charge in [-0.1, -0.05) is 11.6 Å². The van der Waals surface area contributed by atoms with Crippen LogP contribution in [-0.4, -0.2) is 26.9 Å². The minimum absolute atomic E-state index is 0.215. The summed E-state index contributed by atoms with van der Waals surface area (Å²) in [6.45, 7) is 0.888. The number of halogens is 1. The minimum Gasteiger partial charge on any atom is -0.398 e. The smallest absolute Gasteiger partial charge is 0.183 e. The molecule has 1 aliphatic rings. The van der Waals surface area contributed by atoms with Gasteiger partial charge in [0.2, 0.25) is 0 Å². The van der Waals surface area contributed by atoms with Crippen molar-refractivity contribution in [3.63, 3.8) is 0 Å². The first-order valence-electron chi connectivity index (χ1n) is 5.38. The first kappa shape index (κ1) is 12.7. The molecule has 0 amide bonds. The number of nitrogens with two attached hydrogens (primary N) is 1. The van der Waals surface area contributed by atoms with Crippen molar-refractivity contribution in [3.8, 4) is 0 Å². The summed E-state index contributed by atoms with van der Waals surface area (Å²) in [7, 11) is -3.37. The largest absolute Gasteiger partial charge is 0.398 e. The number of sulfone groups is 1. The van der Waals surface area contributed by atoms with E-state index in [1.807, 2.05) is 0 Å². The molecule has 94 valence electrons. The molecule has 0 bridgehead atoms. The van der Waals surface area contributed by atoms with Gasteiger partial charge in [0.15, 0.2) is 9.84 Å². The zero-order valence-corrected chi connectivity index (χ0v) is 10.8. The van der Waals surface area contributed by atoms with E-state index in [1.165, 1.54) is 18.2 Å². The van der Waals surface area contributed by atoms with Gasteiger partial charge in [0.05, 0.1) is 27.5 Å². The highest BCUT2D eigenvalue weighted by Gasteiger charge is 2.29. The Morgan fingerprint density at radius 2 is 2.18 bits per heavy atom. The van der Waals surface area contributed by atoms with E-state index < -0.39 is 15.1 Å². The lowest BCUT2D eigenvalue weighted by atomic mass is 10.2. The third-order valence-electron chi connectivity index (χ3n) is 2.86. The molecule has 1 aromatic rings. The molecule has 0 radical (unpaired) electrons. The first-order chi connectivity index (χ1) is 8.01. The Bertz CT molecular complexity index is 509. The molecular formula is C11H14ClNO3S. The van der Waals surface area contributed by atoms with Gasteiger partial charge in [-0.3, -0.25) is 0 Å². The molecule has 2 rings (SSSR count). The Kier molecular flexibility index (Phi) is 3.61. The van der Waals surface area contributed by atoms with Crippen molar-refractivity contribution < 1.29 is 13.2 Å². The van der Waals surface area contributed by atoms with Gasteiger partial charge in [0, 0.05) is 6.61 Å². The van der Waals surface area contributed by atoms with Crippen molar-refractivity contribution in [2.24, 2.45) is 0 Å². The van der Waals surface area contributed by atoms with Gasteiger partial charge in [-0.25, -0.2) is 8.42 Å². The van der Waals surface area contributed by atoms with Crippen LogP contribution in [0.2, 0.25) is 5.02 Å². The normalized spacial score (nSPS) is 21.4. The van der Waals surface area contributed by atoms with Gasteiger partial charge in [-0.05, 0) is 31.0 Å². The minimum atomic E-state index is -3.37. The van der Waals surface area contributed by atoms with Crippen molar-refractivity contribution in [3.05, 3.63) is 23.2 Å². The second kappa shape index (κ2) is 4.84. The lowest BCUT2D eigenvalue weighted by Crippen LogP contribution is -2.30. The lowest BCUT2D eigenvalue weighted by Gasteiger charge is -2.22. The lowest BCUT2D eigenvalue weighted by molar-refractivity contribution is 0.0991. The van der Waals surface area contributed by atoms with Gasteiger partial charge in [0.25, 0.3) is 0 Å². The number of nitrogen functional groups attached to an aromatic ring is 1. The van der Waals surface area contributed by atoms with Crippen molar-refractivity contribution in [2.75, 3.05) is 18.9 Å². The van der Waals surface area contributed by atoms with Gasteiger partial charge in [0.1, 0.15) is 0 Å². The summed E-state index contributed by atoms with van der Waals surface area (Å²) in [4.78, 5) is 0.215. The Hall–Kier alpha value is -0.780. The van der Waals surface area contributed by atoms with E-state index in [-0.39, 0.29) is 16.5 Å². The van der Waals surface area contributed by atoms with E-state index in [2.05, 4.69) is 0 Å². The van der Waals surface area contributed by atoms with E-state index in [9.17, 15) is 8.42 Å². The number of hydrogen-bond acceptors (Lipinski definition) is 4. The molecule has 17 heavy (non-hydrogen) atoms. The highest BCUT2D eigenvalue weighted by Crippen LogP contribution is 2.27. The number of anilines is 1. The summed E-state index contributed by atoms with van der Waals surface area (Å²) < 4.78 is 29.7. The molecule has 1 saturated heterocycles. The molecule has 1 aromatic carbocycles. The molecule has 1 aliphatic heterocycles. The van der Waals surface area contributed by atoms with Crippen molar-refractivity contribution in [1.29, 1.82) is 0 Å². The zero-order valence-electron chi connectivity index (χ0n) is 9.23. The van der Waals surface area contributed by atoms with Crippen molar-refractivity contribution in [1.82, 2.24) is 0 Å². The van der Waals surface area contributed by atoms with E-state index >= 15 is 0 Å². The molecule has 1 unspecified atom stereocenters. The highest BCUT2D eigenvalue weighted by molar-refractivity contribution is 7.92. The third-order valence-corrected chi connectivity index (χ3v) is 5.35. The monoisotopic (exact) mass is 275 g/mol.